The van der Waals surface area contributed by atoms with Gasteiger partial charge < -0.3 is 15.4 Å². The number of nitrogens with one attached hydrogen (secondary N) is 2. The van der Waals surface area contributed by atoms with Gasteiger partial charge in [-0.1, -0.05) is 17.7 Å². The van der Waals surface area contributed by atoms with Crippen LogP contribution < -0.4 is 15.4 Å². The van der Waals surface area contributed by atoms with E-state index in [1.54, 1.807) is 10.7 Å². The number of nitrogens with zero attached hydrogens (tertiary/aromatic N) is 2. The van der Waals surface area contributed by atoms with Gasteiger partial charge in [-0.05, 0) is 74.8 Å². The average Bonchev–Trinajstić information content (AvgIpc) is 3.22. The minimum atomic E-state index is -4.78. The highest BCUT2D eigenvalue weighted by atomic mass is 35.5. The maximum absolute atomic E-state index is 13.2. The van der Waals surface area contributed by atoms with Crippen LogP contribution in [-0.2, 0) is 0 Å². The lowest BCUT2D eigenvalue weighted by atomic mass is 9.91. The lowest BCUT2D eigenvalue weighted by Crippen LogP contribution is -2.29. The van der Waals surface area contributed by atoms with Crippen molar-refractivity contribution in [3.8, 4) is 11.4 Å². The lowest BCUT2D eigenvalue weighted by molar-refractivity contribution is -0.274. The third kappa shape index (κ3) is 5.84. The molecule has 0 spiro atoms. The summed E-state index contributed by atoms with van der Waals surface area (Å²) in [6, 6.07) is 10.5. The molecule has 1 aliphatic heterocycles. The Kier molecular flexibility index (Phi) is 8.12. The zero-order valence-electron chi connectivity index (χ0n) is 18.2. The minimum absolute atomic E-state index is 0. The Morgan fingerprint density at radius 2 is 1.85 bits per heavy atom. The number of amides is 1. The maximum Gasteiger partial charge on any atom is 0.573 e. The maximum atomic E-state index is 13.2. The molecule has 0 radical (unpaired) electrons. The normalized spacial score (nSPS) is 14.4. The van der Waals surface area contributed by atoms with Crippen molar-refractivity contribution in [2.45, 2.75) is 32.0 Å². The molecule has 4 rings (SSSR count). The van der Waals surface area contributed by atoms with Crippen LogP contribution in [0, 0.1) is 6.92 Å². The molecule has 0 bridgehead atoms. The Bertz CT molecular complexity index is 1140. The topological polar surface area (TPSA) is 68.2 Å². The molecule has 2 aromatic carbocycles. The summed E-state index contributed by atoms with van der Waals surface area (Å²) in [6.45, 7) is 3.55. The first-order chi connectivity index (χ1) is 15.7. The van der Waals surface area contributed by atoms with E-state index in [0.29, 0.717) is 16.3 Å². The van der Waals surface area contributed by atoms with Crippen LogP contribution in [0.1, 0.15) is 40.4 Å². The second-order valence-electron chi connectivity index (χ2n) is 7.79. The molecule has 1 amide bonds. The van der Waals surface area contributed by atoms with Gasteiger partial charge in [0.2, 0.25) is 0 Å². The number of aromatic nitrogens is 2. The number of benzene rings is 2. The van der Waals surface area contributed by atoms with Gasteiger partial charge in [0.25, 0.3) is 5.91 Å². The van der Waals surface area contributed by atoms with E-state index < -0.39 is 6.36 Å². The molecule has 1 aliphatic rings. The Hall–Kier alpha value is -2.75. The van der Waals surface area contributed by atoms with E-state index in [1.165, 1.54) is 18.3 Å². The summed E-state index contributed by atoms with van der Waals surface area (Å²) >= 11 is 6.32. The van der Waals surface area contributed by atoms with Crippen molar-refractivity contribution < 1.29 is 22.7 Å². The Balaban J connectivity index is 0.00000324. The van der Waals surface area contributed by atoms with Crippen LogP contribution in [-0.4, -0.2) is 35.1 Å². The van der Waals surface area contributed by atoms with Crippen molar-refractivity contribution in [3.63, 3.8) is 0 Å². The second-order valence-corrected chi connectivity index (χ2v) is 8.20. The van der Waals surface area contributed by atoms with Crippen LogP contribution in [0.5, 0.6) is 5.75 Å². The number of rotatable bonds is 5. The number of hydrogen-bond donors (Lipinski definition) is 2. The highest BCUT2D eigenvalue weighted by Crippen LogP contribution is 2.33. The van der Waals surface area contributed by atoms with Crippen molar-refractivity contribution in [1.29, 1.82) is 0 Å². The molecule has 0 saturated carbocycles. The fourth-order valence-electron chi connectivity index (χ4n) is 3.98. The summed E-state index contributed by atoms with van der Waals surface area (Å²) in [6.07, 6.45) is -1.57. The average molecular weight is 515 g/mol. The highest BCUT2D eigenvalue weighted by Gasteiger charge is 2.31. The van der Waals surface area contributed by atoms with Crippen LogP contribution in [0.25, 0.3) is 5.69 Å². The molecule has 1 saturated heterocycles. The van der Waals surface area contributed by atoms with Crippen molar-refractivity contribution in [2.24, 2.45) is 0 Å². The number of hydrogen-bond acceptors (Lipinski definition) is 4. The van der Waals surface area contributed by atoms with E-state index in [-0.39, 0.29) is 30.0 Å². The van der Waals surface area contributed by atoms with Crippen LogP contribution in [0.2, 0.25) is 5.02 Å². The first-order valence-corrected chi connectivity index (χ1v) is 10.8. The molecule has 6 nitrogen and oxygen atoms in total. The fourth-order valence-corrected chi connectivity index (χ4v) is 4.15. The molecule has 2 heterocycles. The van der Waals surface area contributed by atoms with Gasteiger partial charge in [0.1, 0.15) is 5.75 Å². The molecule has 11 heteroatoms. The summed E-state index contributed by atoms with van der Waals surface area (Å²) in [4.78, 5) is 13.2. The SMILES string of the molecule is Cc1c(Cl)cccc1-n1ncc(C(=O)Nc2ccc(OC(F)(F)F)cc2)c1C1CCNCC1.Cl. The van der Waals surface area contributed by atoms with E-state index in [4.69, 9.17) is 11.6 Å². The number of anilines is 1. The largest absolute Gasteiger partial charge is 0.573 e. The van der Waals surface area contributed by atoms with Crippen molar-refractivity contribution in [3.05, 3.63) is 70.5 Å². The monoisotopic (exact) mass is 514 g/mol. The molecule has 34 heavy (non-hydrogen) atoms. The lowest BCUT2D eigenvalue weighted by Gasteiger charge is -2.25. The number of ether oxygens (including phenoxy) is 1. The molecular formula is C23H23Cl2F3N4O2. The quantitative estimate of drug-likeness (QED) is 0.446. The molecule has 1 fully saturated rings. The van der Waals surface area contributed by atoms with Crippen LogP contribution in [0.15, 0.2) is 48.7 Å². The molecule has 0 aliphatic carbocycles. The van der Waals surface area contributed by atoms with Gasteiger partial charge in [-0.15, -0.1) is 25.6 Å². The second kappa shape index (κ2) is 10.7. The highest BCUT2D eigenvalue weighted by molar-refractivity contribution is 6.31. The summed E-state index contributed by atoms with van der Waals surface area (Å²) in [7, 11) is 0. The molecule has 1 aromatic heterocycles. The van der Waals surface area contributed by atoms with E-state index >= 15 is 0 Å². The van der Waals surface area contributed by atoms with Gasteiger partial charge >= 0.3 is 6.36 Å². The Labute approximate surface area is 205 Å². The van der Waals surface area contributed by atoms with Crippen LogP contribution in [0.3, 0.4) is 0 Å². The fraction of sp³-hybridized carbons (Fsp3) is 0.304. The number of halogens is 5. The molecule has 2 N–H and O–H groups in total. The standard InChI is InChI=1S/C23H22ClF3N4O2.ClH/c1-14-19(24)3-2-4-20(14)31-21(15-9-11-28-12-10-15)18(13-29-31)22(32)30-16-5-7-17(8-6-16)33-23(25,26)27;/h2-8,13,15,28H,9-12H2,1H3,(H,30,32);1H. The summed E-state index contributed by atoms with van der Waals surface area (Å²) in [5.41, 5.74) is 3.19. The molecule has 182 valence electrons. The van der Waals surface area contributed by atoms with Gasteiger partial charge in [-0.25, -0.2) is 4.68 Å². The van der Waals surface area contributed by atoms with Crippen molar-refractivity contribution in [1.82, 2.24) is 15.1 Å². The molecule has 0 unspecified atom stereocenters. The zero-order valence-corrected chi connectivity index (χ0v) is 19.7. The van der Waals surface area contributed by atoms with E-state index in [1.807, 2.05) is 19.1 Å². The predicted molar refractivity (Wildman–Crippen MR) is 126 cm³/mol. The van der Waals surface area contributed by atoms with Crippen molar-refractivity contribution >= 4 is 35.6 Å². The Morgan fingerprint density at radius 3 is 2.50 bits per heavy atom. The molecular weight excluding hydrogens is 492 g/mol. The number of carbonyl (C=O) groups excluding carboxylic acids is 1. The summed E-state index contributed by atoms with van der Waals surface area (Å²) in [5, 5.41) is 11.2. The van der Waals surface area contributed by atoms with Gasteiger partial charge in [0.15, 0.2) is 0 Å². The van der Waals surface area contributed by atoms with Crippen molar-refractivity contribution in [2.75, 3.05) is 18.4 Å². The Morgan fingerprint density at radius 1 is 1.18 bits per heavy atom. The molecule has 0 atom stereocenters. The van der Waals surface area contributed by atoms with Gasteiger partial charge in [-0.3, -0.25) is 4.79 Å². The van der Waals surface area contributed by atoms with Crippen LogP contribution >= 0.6 is 24.0 Å². The minimum Gasteiger partial charge on any atom is -0.406 e. The van der Waals surface area contributed by atoms with E-state index in [0.717, 1.165) is 55.0 Å². The summed E-state index contributed by atoms with van der Waals surface area (Å²) < 4.78 is 42.8. The predicted octanol–water partition coefficient (Wildman–Crippen LogP) is 5.87. The van der Waals surface area contributed by atoms with Gasteiger partial charge in [0, 0.05) is 16.6 Å². The third-order valence-electron chi connectivity index (χ3n) is 5.59. The third-order valence-corrected chi connectivity index (χ3v) is 6.00. The zero-order chi connectivity index (χ0) is 23.6. The first-order valence-electron chi connectivity index (χ1n) is 10.4. The smallest absolute Gasteiger partial charge is 0.406 e. The van der Waals surface area contributed by atoms with Gasteiger partial charge in [-0.2, -0.15) is 5.10 Å². The summed E-state index contributed by atoms with van der Waals surface area (Å²) in [5.74, 6) is -0.644. The first kappa shape index (κ1) is 25.9. The number of piperidine rings is 1. The van der Waals surface area contributed by atoms with E-state index in [2.05, 4.69) is 20.5 Å². The molecule has 3 aromatic rings. The number of carbonyl (C=O) groups is 1. The van der Waals surface area contributed by atoms with E-state index in [9.17, 15) is 18.0 Å². The van der Waals surface area contributed by atoms with Gasteiger partial charge in [0.05, 0.1) is 23.1 Å². The number of alkyl halides is 3. The van der Waals surface area contributed by atoms with Crippen LogP contribution in [0.4, 0.5) is 18.9 Å².